The lowest BCUT2D eigenvalue weighted by Gasteiger charge is -2.21. The third kappa shape index (κ3) is 8.36. The molecule has 0 radical (unpaired) electrons. The van der Waals surface area contributed by atoms with Crippen molar-refractivity contribution in [1.29, 1.82) is 0 Å². The van der Waals surface area contributed by atoms with Crippen LogP contribution in [0, 0.1) is 11.3 Å². The van der Waals surface area contributed by atoms with Crippen LogP contribution in [0.15, 0.2) is 0 Å². The molecule has 1 nitrogen and oxygen atoms in total. The van der Waals surface area contributed by atoms with Crippen molar-refractivity contribution in [2.24, 2.45) is 11.3 Å². The Balaban J connectivity index is 3.51. The second-order valence-corrected chi connectivity index (χ2v) is 6.42. The highest BCUT2D eigenvalue weighted by Gasteiger charge is 2.16. The van der Waals surface area contributed by atoms with Crippen molar-refractivity contribution in [3.63, 3.8) is 0 Å². The van der Waals surface area contributed by atoms with Crippen molar-refractivity contribution in [2.45, 2.75) is 34.1 Å². The van der Waals surface area contributed by atoms with Gasteiger partial charge in [-0.05, 0) is 17.8 Å². The van der Waals surface area contributed by atoms with E-state index in [1.807, 2.05) is 0 Å². The van der Waals surface area contributed by atoms with Crippen LogP contribution in [0.2, 0.25) is 0 Å². The zero-order chi connectivity index (χ0) is 8.91. The summed E-state index contributed by atoms with van der Waals surface area (Å²) in [6.45, 7) is 8.95. The van der Waals surface area contributed by atoms with Gasteiger partial charge in [0.2, 0.25) is 0 Å². The van der Waals surface area contributed by atoms with Gasteiger partial charge >= 0.3 is 7.66 Å². The molecule has 0 amide bonds. The number of rotatable bonds is 4. The van der Waals surface area contributed by atoms with Crippen molar-refractivity contribution in [3.05, 3.63) is 0 Å². The first-order valence-electron chi connectivity index (χ1n) is 3.94. The normalized spacial score (nSPS) is 15.3. The molecule has 0 saturated heterocycles. The maximum absolute atomic E-state index is 10.2. The fraction of sp³-hybridized carbons (Fsp3) is 1.00. The molecule has 0 N–H and O–H groups in total. The van der Waals surface area contributed by atoms with E-state index in [1.165, 1.54) is 17.8 Å². The summed E-state index contributed by atoms with van der Waals surface area (Å²) in [5.41, 5.74) is 0.409. The van der Waals surface area contributed by atoms with Gasteiger partial charge in [0.1, 0.15) is 11.4 Å². The van der Waals surface area contributed by atoms with Crippen LogP contribution < -0.4 is 0 Å². The molecule has 0 aliphatic rings. The molecule has 3 heteroatoms. The molecule has 0 spiro atoms. The Kier molecular flexibility index (Phi) is 5.37. The van der Waals surface area contributed by atoms with Crippen LogP contribution in [0.3, 0.4) is 0 Å². The van der Waals surface area contributed by atoms with E-state index in [1.54, 1.807) is 0 Å². The van der Waals surface area contributed by atoms with Crippen LogP contribution in [0.1, 0.15) is 34.1 Å². The van der Waals surface area contributed by atoms with E-state index >= 15 is 0 Å². The highest BCUT2D eigenvalue weighted by atomic mass is 32.7. The zero-order valence-electron chi connectivity index (χ0n) is 7.81. The monoisotopic (exact) mass is 193 g/mol. The molecule has 0 aromatic heterocycles. The van der Waals surface area contributed by atoms with Gasteiger partial charge in [-0.3, -0.25) is 0 Å². The molecule has 66 valence electrons. The minimum Gasteiger partial charge on any atom is -0.0623 e. The first kappa shape index (κ1) is 11.4. The van der Waals surface area contributed by atoms with Crippen LogP contribution in [0.25, 0.3) is 0 Å². The molecule has 0 aliphatic heterocycles. The highest BCUT2D eigenvalue weighted by molar-refractivity contribution is 8.45. The Labute approximate surface area is 75.3 Å². The molecule has 11 heavy (non-hydrogen) atoms. The lowest BCUT2D eigenvalue weighted by atomic mass is 9.86. The SMILES string of the molecule is CC(CS[PH+]=O)CC(C)(C)C. The van der Waals surface area contributed by atoms with E-state index in [-0.39, 0.29) is 7.66 Å². The summed E-state index contributed by atoms with van der Waals surface area (Å²) in [6.07, 6.45) is 1.21. The van der Waals surface area contributed by atoms with Crippen LogP contribution in [-0.2, 0) is 4.57 Å². The number of hydrogen-bond donors (Lipinski definition) is 0. The van der Waals surface area contributed by atoms with Crippen LogP contribution >= 0.6 is 19.0 Å². The summed E-state index contributed by atoms with van der Waals surface area (Å²) in [5, 5.41) is 0. The third-order valence-corrected chi connectivity index (χ3v) is 3.09. The average molecular weight is 193 g/mol. The molecule has 0 fully saturated rings. The third-order valence-electron chi connectivity index (χ3n) is 1.39. The summed E-state index contributed by atoms with van der Waals surface area (Å²) >= 11 is 1.53. The molecule has 0 aliphatic carbocycles. The quantitative estimate of drug-likeness (QED) is 0.633. The van der Waals surface area contributed by atoms with E-state index in [0.29, 0.717) is 11.3 Å². The van der Waals surface area contributed by atoms with Crippen LogP contribution in [0.4, 0.5) is 0 Å². The minimum atomic E-state index is -0.196. The molecule has 0 heterocycles. The Morgan fingerprint density at radius 2 is 2.00 bits per heavy atom. The van der Waals surface area contributed by atoms with Gasteiger partial charge in [-0.15, -0.1) is 0 Å². The highest BCUT2D eigenvalue weighted by Crippen LogP contribution is 2.29. The molecular formula is C8H18OPS+. The first-order chi connectivity index (χ1) is 4.95. The number of hydrogen-bond acceptors (Lipinski definition) is 2. The molecular weight excluding hydrogens is 175 g/mol. The summed E-state index contributed by atoms with van der Waals surface area (Å²) in [7, 11) is -0.196. The standard InChI is InChI=1S/C8H17OPS/c1-7(6-11-10-9)5-8(2,3)4/h7H,5-6H2,1-4H3/p+1. The van der Waals surface area contributed by atoms with Gasteiger partial charge in [0.15, 0.2) is 0 Å². The van der Waals surface area contributed by atoms with Crippen molar-refractivity contribution >= 4 is 19.0 Å². The fourth-order valence-electron chi connectivity index (χ4n) is 1.28. The Morgan fingerprint density at radius 1 is 1.45 bits per heavy atom. The summed E-state index contributed by atoms with van der Waals surface area (Å²) < 4.78 is 10.2. The van der Waals surface area contributed by atoms with E-state index < -0.39 is 0 Å². The van der Waals surface area contributed by atoms with Crippen molar-refractivity contribution < 1.29 is 4.57 Å². The predicted molar refractivity (Wildman–Crippen MR) is 54.7 cm³/mol. The summed E-state index contributed by atoms with van der Waals surface area (Å²) in [6, 6.07) is 0. The van der Waals surface area contributed by atoms with Crippen molar-refractivity contribution in [2.75, 3.05) is 5.75 Å². The topological polar surface area (TPSA) is 17.1 Å². The maximum Gasteiger partial charge on any atom is 0.396 e. The molecule has 0 aromatic rings. The Morgan fingerprint density at radius 3 is 2.36 bits per heavy atom. The zero-order valence-corrected chi connectivity index (χ0v) is 9.62. The molecule has 0 aromatic carbocycles. The second-order valence-electron chi connectivity index (χ2n) is 4.26. The van der Waals surface area contributed by atoms with Gasteiger partial charge in [0.05, 0.1) is 0 Å². The van der Waals surface area contributed by atoms with Gasteiger partial charge in [-0.2, -0.15) is 0 Å². The fourth-order valence-corrected chi connectivity index (χ4v) is 2.81. The summed E-state index contributed by atoms with van der Waals surface area (Å²) in [4.78, 5) is 0. The first-order valence-corrected chi connectivity index (χ1v) is 6.56. The van der Waals surface area contributed by atoms with Gasteiger partial charge < -0.3 is 0 Å². The smallest absolute Gasteiger partial charge is 0.0623 e. The molecule has 0 rings (SSSR count). The second kappa shape index (κ2) is 5.16. The van der Waals surface area contributed by atoms with E-state index in [4.69, 9.17) is 0 Å². The Hall–Kier alpha value is 0.450. The minimum absolute atomic E-state index is 0.196. The van der Waals surface area contributed by atoms with Crippen LogP contribution in [0.5, 0.6) is 0 Å². The molecule has 2 unspecified atom stereocenters. The maximum atomic E-state index is 10.2. The van der Waals surface area contributed by atoms with E-state index in [2.05, 4.69) is 27.7 Å². The van der Waals surface area contributed by atoms with Gasteiger partial charge in [0.25, 0.3) is 0 Å². The van der Waals surface area contributed by atoms with Crippen molar-refractivity contribution in [3.8, 4) is 0 Å². The molecule has 0 saturated carbocycles. The van der Waals surface area contributed by atoms with Gasteiger partial charge in [0, 0.05) is 5.75 Å². The lowest BCUT2D eigenvalue weighted by Crippen LogP contribution is -2.12. The lowest BCUT2D eigenvalue weighted by molar-refractivity contribution is 0.323. The molecule has 2 atom stereocenters. The predicted octanol–water partition coefficient (Wildman–Crippen LogP) is 3.73. The van der Waals surface area contributed by atoms with E-state index in [0.717, 1.165) is 5.75 Å². The Bertz CT molecular complexity index is 120. The molecule has 0 bridgehead atoms. The van der Waals surface area contributed by atoms with E-state index in [9.17, 15) is 4.57 Å². The largest absolute Gasteiger partial charge is 0.396 e. The van der Waals surface area contributed by atoms with Gasteiger partial charge in [-0.25, -0.2) is 0 Å². The van der Waals surface area contributed by atoms with Crippen molar-refractivity contribution in [1.82, 2.24) is 0 Å². The van der Waals surface area contributed by atoms with Gasteiger partial charge in [-0.1, -0.05) is 32.3 Å². The van der Waals surface area contributed by atoms with Crippen LogP contribution in [-0.4, -0.2) is 5.75 Å². The average Bonchev–Trinajstić information content (AvgIpc) is 1.79. The summed E-state index contributed by atoms with van der Waals surface area (Å²) in [5.74, 6) is 1.71.